The van der Waals surface area contributed by atoms with Crippen LogP contribution < -0.4 is 21.5 Å². The van der Waals surface area contributed by atoms with Crippen molar-refractivity contribution in [1.82, 2.24) is 9.80 Å². The van der Waals surface area contributed by atoms with Gasteiger partial charge in [0, 0.05) is 37.3 Å². The predicted molar refractivity (Wildman–Crippen MR) is 197 cm³/mol. The maximum absolute atomic E-state index is 11.9. The number of anilines is 2. The zero-order valence-electron chi connectivity index (χ0n) is 30.0. The minimum absolute atomic E-state index is 0.0259. The largest absolute Gasteiger partial charge is 0.379 e. The number of likely N-dealkylation sites (N-methyl/N-ethyl adjacent to an activating group) is 1. The highest BCUT2D eigenvalue weighted by Crippen LogP contribution is 2.31. The second-order valence-corrected chi connectivity index (χ2v) is 14.5. The first-order chi connectivity index (χ1) is 21.1. The van der Waals surface area contributed by atoms with Crippen molar-refractivity contribution in [2.75, 3.05) is 89.4 Å². The molecule has 2 aromatic carbocycles. The first-order valence-corrected chi connectivity index (χ1v) is 17.7. The fourth-order valence-corrected chi connectivity index (χ4v) is 6.37. The molecular formula is C35H62N4O4S2. The Kier molecular flexibility index (Phi) is 19.0. The van der Waals surface area contributed by atoms with E-state index in [1.807, 2.05) is 0 Å². The van der Waals surface area contributed by atoms with E-state index in [1.54, 1.807) is 0 Å². The molecule has 258 valence electrons. The summed E-state index contributed by atoms with van der Waals surface area (Å²) in [5.74, 6) is 0. The van der Waals surface area contributed by atoms with E-state index in [-0.39, 0.29) is 21.7 Å². The quantitative estimate of drug-likeness (QED) is 0.112. The topological polar surface area (TPSA) is 83.1 Å². The fraction of sp³-hybridized carbons (Fsp3) is 0.771. The van der Waals surface area contributed by atoms with E-state index in [0.29, 0.717) is 46.7 Å². The molecule has 0 radical (unpaired) electrons. The zero-order valence-corrected chi connectivity index (χ0v) is 31.6. The zero-order chi connectivity index (χ0) is 34.2. The molecular weight excluding hydrogens is 605 g/mol. The van der Waals surface area contributed by atoms with Crippen LogP contribution in [0, 0.1) is 9.02 Å². The van der Waals surface area contributed by atoms with Crippen LogP contribution >= 0.6 is 24.4 Å². The van der Waals surface area contributed by atoms with E-state index < -0.39 is 0 Å². The molecule has 0 unspecified atom stereocenters. The van der Waals surface area contributed by atoms with Crippen molar-refractivity contribution >= 4 is 35.8 Å². The van der Waals surface area contributed by atoms with Gasteiger partial charge in [-0.25, -0.2) is 0 Å². The van der Waals surface area contributed by atoms with E-state index in [1.165, 1.54) is 19.3 Å². The van der Waals surface area contributed by atoms with Crippen LogP contribution in [0.3, 0.4) is 0 Å². The molecule has 2 N–H and O–H groups in total. The number of ether oxygens (including phenoxy) is 2. The lowest BCUT2D eigenvalue weighted by atomic mass is 9.83. The molecule has 0 saturated heterocycles. The average Bonchev–Trinajstić information content (AvgIpc) is 2.97. The Labute approximate surface area is 283 Å². The number of rotatable bonds is 21. The fourth-order valence-electron chi connectivity index (χ4n) is 5.35. The minimum atomic E-state index is -0.0883. The van der Waals surface area contributed by atoms with Crippen LogP contribution in [-0.4, -0.2) is 88.6 Å². The standard InChI is InChI=1S/C18H32N2O2S.C17H30N2O2S/c1-6-9-20(10-7-2)11-13-22-12-8-19-15-14(18(3,4)5)17(23)16(15)21;1-6-9-19(7-2)10-12-21-11-8-18-14-13(17(3,4)5)16(22)15(14)20/h19H,6-13H2,1-5H3;18H,6-12H2,1-5H3. The third-order valence-corrected chi connectivity index (χ3v) is 8.37. The Hall–Kier alpha value is -1.56. The second-order valence-electron chi connectivity index (χ2n) is 13.7. The van der Waals surface area contributed by atoms with Crippen LogP contribution in [0.5, 0.6) is 0 Å². The van der Waals surface area contributed by atoms with E-state index >= 15 is 0 Å². The van der Waals surface area contributed by atoms with Crippen LogP contribution in [0.15, 0.2) is 9.59 Å². The van der Waals surface area contributed by atoms with Gasteiger partial charge in [0.25, 0.3) is 0 Å². The average molecular weight is 667 g/mol. The molecule has 2 aromatic rings. The summed E-state index contributed by atoms with van der Waals surface area (Å²) >= 11 is 10.3. The molecule has 8 nitrogen and oxygen atoms in total. The normalized spacial score (nSPS) is 12.3. The van der Waals surface area contributed by atoms with Crippen LogP contribution in [0.1, 0.15) is 99.6 Å². The number of hydrogen-bond acceptors (Lipinski definition) is 10. The van der Waals surface area contributed by atoms with Gasteiger partial charge in [0.2, 0.25) is 10.9 Å². The Morgan fingerprint density at radius 2 is 0.933 bits per heavy atom. The highest BCUT2D eigenvalue weighted by molar-refractivity contribution is 7.71. The Morgan fingerprint density at radius 1 is 0.578 bits per heavy atom. The molecule has 0 bridgehead atoms. The highest BCUT2D eigenvalue weighted by atomic mass is 32.1. The molecule has 0 aliphatic heterocycles. The summed E-state index contributed by atoms with van der Waals surface area (Å²) in [6.07, 6.45) is 3.52. The minimum Gasteiger partial charge on any atom is -0.379 e. The molecule has 0 aromatic heterocycles. The van der Waals surface area contributed by atoms with Crippen molar-refractivity contribution in [3.63, 3.8) is 0 Å². The van der Waals surface area contributed by atoms with Gasteiger partial charge in [0.15, 0.2) is 0 Å². The van der Waals surface area contributed by atoms with Crippen molar-refractivity contribution in [1.29, 1.82) is 0 Å². The third kappa shape index (κ3) is 13.6. The van der Waals surface area contributed by atoms with Crippen LogP contribution in [-0.2, 0) is 20.3 Å². The van der Waals surface area contributed by atoms with Crippen molar-refractivity contribution in [2.24, 2.45) is 0 Å². The van der Waals surface area contributed by atoms with Crippen LogP contribution in [0.2, 0.25) is 0 Å². The first kappa shape index (κ1) is 41.5. The molecule has 0 amide bonds. The van der Waals surface area contributed by atoms with Gasteiger partial charge in [-0.3, -0.25) is 9.59 Å². The Balaban J connectivity index is 0.000000450. The Bertz CT molecular complexity index is 1260. The molecule has 0 aliphatic rings. The molecule has 10 heteroatoms. The lowest BCUT2D eigenvalue weighted by molar-refractivity contribution is 0.111. The summed E-state index contributed by atoms with van der Waals surface area (Å²) in [5.41, 5.74) is 3.10. The lowest BCUT2D eigenvalue weighted by Gasteiger charge is -2.25. The van der Waals surface area contributed by atoms with Crippen molar-refractivity contribution < 1.29 is 9.47 Å². The summed E-state index contributed by atoms with van der Waals surface area (Å²) in [5, 5.41) is 6.39. The summed E-state index contributed by atoms with van der Waals surface area (Å²) in [6.45, 7) is 31.5. The number of nitrogens with one attached hydrogen (secondary N) is 2. The number of hydrogen-bond donors (Lipinski definition) is 2. The smallest absolute Gasteiger partial charge is 0.220 e. The van der Waals surface area contributed by atoms with Gasteiger partial charge >= 0.3 is 0 Å². The third-order valence-electron chi connectivity index (χ3n) is 7.59. The maximum Gasteiger partial charge on any atom is 0.220 e. The van der Waals surface area contributed by atoms with Crippen LogP contribution in [0.4, 0.5) is 11.4 Å². The molecule has 0 saturated carbocycles. The van der Waals surface area contributed by atoms with Gasteiger partial charge in [0.05, 0.1) is 46.8 Å². The summed E-state index contributed by atoms with van der Waals surface area (Å²) in [4.78, 5) is 28.5. The summed E-state index contributed by atoms with van der Waals surface area (Å²) in [7, 11) is 0. The highest BCUT2D eigenvalue weighted by Gasteiger charge is 2.28. The molecule has 0 heterocycles. The molecule has 0 fully saturated rings. The Morgan fingerprint density at radius 3 is 1.27 bits per heavy atom. The van der Waals surface area contributed by atoms with Crippen molar-refractivity contribution in [2.45, 2.75) is 99.3 Å². The first-order valence-electron chi connectivity index (χ1n) is 16.9. The SMILES string of the molecule is CCCN(CC)CCOCCNc1c(C(C)(C)C)c(=S)c1=O.CCCN(CCC)CCOCCNc1c(C(C)(C)C)c(=S)c1=O. The molecule has 0 atom stereocenters. The lowest BCUT2D eigenvalue weighted by Crippen LogP contribution is -2.31. The van der Waals surface area contributed by atoms with Crippen molar-refractivity contribution in [3.05, 3.63) is 40.6 Å². The number of nitrogens with zero attached hydrogens (tertiary/aromatic N) is 2. The van der Waals surface area contributed by atoms with Gasteiger partial charge in [-0.2, -0.15) is 0 Å². The maximum atomic E-state index is 11.9. The van der Waals surface area contributed by atoms with Gasteiger partial charge in [-0.05, 0) is 56.3 Å². The van der Waals surface area contributed by atoms with E-state index in [9.17, 15) is 9.59 Å². The van der Waals surface area contributed by atoms with Crippen molar-refractivity contribution in [3.8, 4) is 0 Å². The van der Waals surface area contributed by atoms with E-state index in [2.05, 4.69) is 89.7 Å². The van der Waals surface area contributed by atoms with E-state index in [4.69, 9.17) is 33.9 Å². The second kappa shape index (κ2) is 20.6. The molecule has 2 rings (SSSR count). The molecule has 0 spiro atoms. The van der Waals surface area contributed by atoms with Gasteiger partial charge in [-0.1, -0.05) is 93.7 Å². The monoisotopic (exact) mass is 666 g/mol. The summed E-state index contributed by atoms with van der Waals surface area (Å²) < 4.78 is 12.3. The van der Waals surface area contributed by atoms with Gasteiger partial charge in [0.1, 0.15) is 0 Å². The van der Waals surface area contributed by atoms with Gasteiger partial charge in [-0.15, -0.1) is 0 Å². The molecule has 0 aliphatic carbocycles. The predicted octanol–water partition coefficient (Wildman–Crippen LogP) is 6.61. The summed E-state index contributed by atoms with van der Waals surface area (Å²) in [6, 6.07) is 0. The van der Waals surface area contributed by atoms with Crippen LogP contribution in [0.25, 0.3) is 0 Å². The van der Waals surface area contributed by atoms with Gasteiger partial charge < -0.3 is 29.9 Å². The molecule has 45 heavy (non-hydrogen) atoms. The van der Waals surface area contributed by atoms with E-state index in [0.717, 1.165) is 63.6 Å².